The smallest absolute Gasteiger partial charge is 0.108 e. The van der Waals surface area contributed by atoms with E-state index in [1.807, 2.05) is 12.3 Å². The van der Waals surface area contributed by atoms with Crippen molar-refractivity contribution < 1.29 is 0 Å². The number of nitrogens with zero attached hydrogens (tertiary/aromatic N) is 1. The average Bonchev–Trinajstić information content (AvgIpc) is 2.39. The predicted molar refractivity (Wildman–Crippen MR) is 84.1 cm³/mol. The van der Waals surface area contributed by atoms with Crippen LogP contribution in [0.3, 0.4) is 0 Å². The standard InChI is InChI=1S/C16H27NSi/c1-5-7-8-12-15(11-6-2)18(3,4)16-13-9-10-14-17-16/h6,9-10,13-15H,2,5,7-8,11-12H2,1,3-4H3/t15-/m0/s1. The van der Waals surface area contributed by atoms with Crippen molar-refractivity contribution in [3.63, 3.8) is 0 Å². The fourth-order valence-corrected chi connectivity index (χ4v) is 5.60. The van der Waals surface area contributed by atoms with Crippen molar-refractivity contribution in [2.24, 2.45) is 0 Å². The number of hydrogen-bond acceptors (Lipinski definition) is 1. The lowest BCUT2D eigenvalue weighted by molar-refractivity contribution is 0.626. The Bertz CT molecular complexity index is 345. The number of aromatic nitrogens is 1. The zero-order valence-electron chi connectivity index (χ0n) is 12.2. The molecule has 0 aliphatic carbocycles. The molecule has 100 valence electrons. The summed E-state index contributed by atoms with van der Waals surface area (Å²) in [6.07, 6.45) is 10.5. The molecule has 0 fully saturated rings. The highest BCUT2D eigenvalue weighted by Gasteiger charge is 2.33. The van der Waals surface area contributed by atoms with Crippen molar-refractivity contribution in [2.75, 3.05) is 0 Å². The molecule has 2 heteroatoms. The highest BCUT2D eigenvalue weighted by atomic mass is 28.3. The Hall–Kier alpha value is -0.893. The van der Waals surface area contributed by atoms with Gasteiger partial charge < -0.3 is 0 Å². The van der Waals surface area contributed by atoms with Gasteiger partial charge in [-0.3, -0.25) is 4.98 Å². The van der Waals surface area contributed by atoms with Crippen LogP contribution < -0.4 is 5.32 Å². The van der Waals surface area contributed by atoms with E-state index in [0.717, 1.165) is 12.0 Å². The second-order valence-electron chi connectivity index (χ2n) is 5.65. The van der Waals surface area contributed by atoms with E-state index in [0.29, 0.717) is 0 Å². The largest absolute Gasteiger partial charge is 0.266 e. The van der Waals surface area contributed by atoms with Crippen molar-refractivity contribution in [2.45, 2.75) is 57.7 Å². The molecule has 0 unspecified atom stereocenters. The normalized spacial score (nSPS) is 13.3. The summed E-state index contributed by atoms with van der Waals surface area (Å²) in [6.45, 7) is 11.1. The van der Waals surface area contributed by atoms with Crippen LogP contribution in [0.4, 0.5) is 0 Å². The fraction of sp³-hybridized carbons (Fsp3) is 0.562. The third kappa shape index (κ3) is 4.09. The minimum absolute atomic E-state index is 0.774. The summed E-state index contributed by atoms with van der Waals surface area (Å²) < 4.78 is 0. The lowest BCUT2D eigenvalue weighted by Crippen LogP contribution is -2.47. The maximum absolute atomic E-state index is 4.61. The number of hydrogen-bond donors (Lipinski definition) is 0. The van der Waals surface area contributed by atoms with Gasteiger partial charge in [0.25, 0.3) is 0 Å². The van der Waals surface area contributed by atoms with E-state index >= 15 is 0 Å². The van der Waals surface area contributed by atoms with E-state index in [9.17, 15) is 0 Å². The Morgan fingerprint density at radius 1 is 1.33 bits per heavy atom. The Morgan fingerprint density at radius 3 is 2.67 bits per heavy atom. The molecule has 0 saturated carbocycles. The Kier molecular flexibility index (Phi) is 6.34. The van der Waals surface area contributed by atoms with Crippen molar-refractivity contribution >= 4 is 13.4 Å². The number of pyridine rings is 1. The first-order valence-electron chi connectivity index (χ1n) is 7.15. The van der Waals surface area contributed by atoms with Crippen LogP contribution in [0, 0.1) is 0 Å². The van der Waals surface area contributed by atoms with E-state index < -0.39 is 8.07 Å². The first-order chi connectivity index (χ1) is 8.62. The summed E-state index contributed by atoms with van der Waals surface area (Å²) in [5.74, 6) is 0. The quantitative estimate of drug-likeness (QED) is 0.381. The van der Waals surface area contributed by atoms with Gasteiger partial charge in [0.15, 0.2) is 0 Å². The lowest BCUT2D eigenvalue weighted by Gasteiger charge is -2.31. The predicted octanol–water partition coefficient (Wildman–Crippen LogP) is 4.52. The van der Waals surface area contributed by atoms with Gasteiger partial charge in [0.2, 0.25) is 0 Å². The van der Waals surface area contributed by atoms with E-state index in [2.05, 4.69) is 49.8 Å². The fourth-order valence-electron chi connectivity index (χ4n) is 2.57. The maximum Gasteiger partial charge on any atom is 0.108 e. The molecule has 18 heavy (non-hydrogen) atoms. The van der Waals surface area contributed by atoms with Gasteiger partial charge in [0.1, 0.15) is 8.07 Å². The minimum Gasteiger partial charge on any atom is -0.266 e. The molecule has 1 rings (SSSR count). The van der Waals surface area contributed by atoms with Crippen LogP contribution in [0.1, 0.15) is 39.0 Å². The number of rotatable bonds is 8. The van der Waals surface area contributed by atoms with Gasteiger partial charge in [0.05, 0.1) is 0 Å². The highest BCUT2D eigenvalue weighted by Crippen LogP contribution is 2.31. The minimum atomic E-state index is -1.46. The summed E-state index contributed by atoms with van der Waals surface area (Å²) in [6, 6.07) is 6.34. The molecular formula is C16H27NSi. The molecule has 0 amide bonds. The molecule has 0 aromatic carbocycles. The van der Waals surface area contributed by atoms with Crippen LogP contribution >= 0.6 is 0 Å². The summed E-state index contributed by atoms with van der Waals surface area (Å²) in [4.78, 5) is 4.61. The Labute approximate surface area is 113 Å². The second-order valence-corrected chi connectivity index (χ2v) is 10.4. The highest BCUT2D eigenvalue weighted by molar-refractivity contribution is 6.90. The molecule has 0 aliphatic rings. The maximum atomic E-state index is 4.61. The van der Waals surface area contributed by atoms with Gasteiger partial charge >= 0.3 is 0 Å². The van der Waals surface area contributed by atoms with Crippen LogP contribution in [0.5, 0.6) is 0 Å². The lowest BCUT2D eigenvalue weighted by atomic mass is 10.1. The first kappa shape index (κ1) is 15.2. The van der Waals surface area contributed by atoms with Gasteiger partial charge in [-0.1, -0.05) is 57.8 Å². The Balaban J connectivity index is 2.79. The third-order valence-electron chi connectivity index (χ3n) is 3.95. The SMILES string of the molecule is C=CC[C@@H](CCCCC)[Si](C)(C)c1ccccn1. The van der Waals surface area contributed by atoms with Gasteiger partial charge in [0, 0.05) is 11.5 Å². The summed E-state index contributed by atoms with van der Waals surface area (Å²) in [5, 5.41) is 1.34. The molecule has 0 spiro atoms. The van der Waals surface area contributed by atoms with Gasteiger partial charge in [-0.05, 0) is 24.1 Å². The molecule has 0 saturated heterocycles. The Morgan fingerprint density at radius 2 is 2.11 bits per heavy atom. The average molecular weight is 261 g/mol. The van der Waals surface area contributed by atoms with E-state index in [4.69, 9.17) is 0 Å². The molecule has 1 atom stereocenters. The van der Waals surface area contributed by atoms with Crippen LogP contribution in [-0.4, -0.2) is 13.1 Å². The molecule has 0 radical (unpaired) electrons. The number of unbranched alkanes of at least 4 members (excludes halogenated alkanes) is 2. The van der Waals surface area contributed by atoms with Crippen LogP contribution in [0.15, 0.2) is 37.1 Å². The van der Waals surface area contributed by atoms with E-state index in [-0.39, 0.29) is 0 Å². The van der Waals surface area contributed by atoms with Crippen LogP contribution in [0.25, 0.3) is 0 Å². The molecule has 0 aliphatic heterocycles. The van der Waals surface area contributed by atoms with Gasteiger partial charge in [-0.2, -0.15) is 0 Å². The molecule has 0 N–H and O–H groups in total. The third-order valence-corrected chi connectivity index (χ3v) is 8.13. The van der Waals surface area contributed by atoms with Crippen LogP contribution in [-0.2, 0) is 0 Å². The zero-order chi connectivity index (χ0) is 13.4. The van der Waals surface area contributed by atoms with Crippen molar-refractivity contribution in [1.29, 1.82) is 0 Å². The summed E-state index contributed by atoms with van der Waals surface area (Å²) in [5.41, 5.74) is 0.774. The van der Waals surface area contributed by atoms with Gasteiger partial charge in [-0.15, -0.1) is 6.58 Å². The molecular weight excluding hydrogens is 234 g/mol. The molecule has 1 nitrogen and oxygen atoms in total. The summed E-state index contributed by atoms with van der Waals surface area (Å²) >= 11 is 0. The first-order valence-corrected chi connectivity index (χ1v) is 10.2. The number of allylic oxidation sites excluding steroid dienone is 1. The van der Waals surface area contributed by atoms with Crippen LogP contribution in [0.2, 0.25) is 18.6 Å². The van der Waals surface area contributed by atoms with Crippen molar-refractivity contribution in [3.05, 3.63) is 37.1 Å². The van der Waals surface area contributed by atoms with E-state index in [1.165, 1.54) is 31.0 Å². The van der Waals surface area contributed by atoms with E-state index in [1.54, 1.807) is 0 Å². The second kappa shape index (κ2) is 7.52. The monoisotopic (exact) mass is 261 g/mol. The van der Waals surface area contributed by atoms with Crippen molar-refractivity contribution in [1.82, 2.24) is 4.98 Å². The molecule has 1 aromatic heterocycles. The topological polar surface area (TPSA) is 12.9 Å². The summed E-state index contributed by atoms with van der Waals surface area (Å²) in [7, 11) is -1.46. The molecule has 1 aromatic rings. The zero-order valence-corrected chi connectivity index (χ0v) is 13.2. The van der Waals surface area contributed by atoms with Gasteiger partial charge in [-0.25, -0.2) is 0 Å². The molecule has 0 bridgehead atoms. The van der Waals surface area contributed by atoms with Crippen molar-refractivity contribution in [3.8, 4) is 0 Å². The molecule has 1 heterocycles.